The molecule has 1 aromatic rings. The predicted octanol–water partition coefficient (Wildman–Crippen LogP) is 1.33. The highest BCUT2D eigenvalue weighted by molar-refractivity contribution is 5.85. The number of benzene rings is 1. The quantitative estimate of drug-likeness (QED) is 0.500. The molecule has 0 aliphatic carbocycles. The number of hydrogen-bond acceptors (Lipinski definition) is 0. The molecule has 0 aliphatic heterocycles. The first kappa shape index (κ1) is 11.9. The van der Waals surface area contributed by atoms with Crippen LogP contribution in [0, 0.1) is 5.82 Å². The van der Waals surface area contributed by atoms with Crippen LogP contribution in [0.4, 0.5) is 4.39 Å². The Balaban J connectivity index is 0. The fourth-order valence-corrected chi connectivity index (χ4v) is 0.415. The average Bonchev–Trinajstić information content (AvgIpc) is 1.69. The molecular formula is C6H8ClFMg. The Bertz CT molecular complexity index is 143. The van der Waals surface area contributed by atoms with Crippen LogP contribution in [0.25, 0.3) is 0 Å². The fraction of sp³-hybridized carbons (Fsp3) is 0. The Hall–Kier alpha value is 0.206. The van der Waals surface area contributed by atoms with E-state index in [1.54, 1.807) is 18.2 Å². The number of rotatable bonds is 0. The van der Waals surface area contributed by atoms with E-state index in [0.29, 0.717) is 0 Å². The van der Waals surface area contributed by atoms with Crippen molar-refractivity contribution in [3.8, 4) is 0 Å². The van der Waals surface area contributed by atoms with Crippen molar-refractivity contribution in [1.29, 1.82) is 0 Å². The van der Waals surface area contributed by atoms with Gasteiger partial charge in [0.1, 0.15) is 5.82 Å². The lowest BCUT2D eigenvalue weighted by molar-refractivity contribution is 0.628. The van der Waals surface area contributed by atoms with Gasteiger partial charge in [-0.1, -0.05) is 18.2 Å². The molecule has 0 radical (unpaired) electrons. The van der Waals surface area contributed by atoms with Crippen LogP contribution < -0.4 is 0 Å². The molecule has 0 unspecified atom stereocenters. The van der Waals surface area contributed by atoms with Crippen molar-refractivity contribution in [3.63, 3.8) is 0 Å². The maximum atomic E-state index is 11.9. The summed E-state index contributed by atoms with van der Waals surface area (Å²) in [6, 6.07) is 7.94. The van der Waals surface area contributed by atoms with Gasteiger partial charge in [-0.15, -0.1) is 12.4 Å². The van der Waals surface area contributed by atoms with E-state index < -0.39 is 0 Å². The molecular weight excluding hydrogens is 151 g/mol. The average molecular weight is 159 g/mol. The summed E-state index contributed by atoms with van der Waals surface area (Å²) in [7, 11) is 0. The lowest BCUT2D eigenvalue weighted by Crippen LogP contribution is -1.63. The van der Waals surface area contributed by atoms with E-state index in [9.17, 15) is 4.39 Å². The minimum Gasteiger partial charge on any atom is -0.207 e. The molecule has 0 spiro atoms. The van der Waals surface area contributed by atoms with Crippen molar-refractivity contribution in [1.82, 2.24) is 0 Å². The second kappa shape index (κ2) is 6.33. The smallest absolute Gasteiger partial charge is 0.207 e. The van der Waals surface area contributed by atoms with Crippen molar-refractivity contribution in [2.45, 2.75) is 0 Å². The lowest BCUT2D eigenvalue weighted by atomic mass is 10.4. The van der Waals surface area contributed by atoms with E-state index in [2.05, 4.69) is 0 Å². The second-order valence-corrected chi connectivity index (χ2v) is 1.30. The molecule has 0 saturated carbocycles. The highest BCUT2D eigenvalue weighted by atomic mass is 35.5. The maximum Gasteiger partial charge on any atom is 0.316 e. The van der Waals surface area contributed by atoms with Crippen molar-refractivity contribution < 1.29 is 4.39 Å². The normalized spacial score (nSPS) is 6.78. The molecule has 0 bridgehead atoms. The summed E-state index contributed by atoms with van der Waals surface area (Å²) in [4.78, 5) is 0. The molecule has 48 valence electrons. The highest BCUT2D eigenvalue weighted by Gasteiger charge is 1.77. The van der Waals surface area contributed by atoms with Gasteiger partial charge in [-0.3, -0.25) is 0 Å². The van der Waals surface area contributed by atoms with Crippen LogP contribution in [-0.2, 0) is 0 Å². The number of hydrogen-bond donors (Lipinski definition) is 0. The van der Waals surface area contributed by atoms with Gasteiger partial charge in [0.05, 0.1) is 0 Å². The van der Waals surface area contributed by atoms with Crippen LogP contribution >= 0.6 is 12.4 Å². The molecule has 0 heterocycles. The zero-order valence-electron chi connectivity index (χ0n) is 4.17. The second-order valence-electron chi connectivity index (χ2n) is 1.30. The van der Waals surface area contributed by atoms with Crippen LogP contribution in [0.15, 0.2) is 30.3 Å². The van der Waals surface area contributed by atoms with Gasteiger partial charge >= 0.3 is 23.1 Å². The third-order valence-corrected chi connectivity index (χ3v) is 0.733. The molecule has 0 N–H and O–H groups in total. The van der Waals surface area contributed by atoms with E-state index in [-0.39, 0.29) is 41.3 Å². The largest absolute Gasteiger partial charge is 0.316 e. The monoisotopic (exact) mass is 158 g/mol. The van der Waals surface area contributed by atoms with Gasteiger partial charge in [-0.25, -0.2) is 4.39 Å². The molecule has 3 heteroatoms. The molecule has 0 nitrogen and oxygen atoms in total. The third-order valence-electron chi connectivity index (χ3n) is 0.733. The predicted molar refractivity (Wildman–Crippen MR) is 42.2 cm³/mol. The van der Waals surface area contributed by atoms with Crippen LogP contribution in [0.3, 0.4) is 0 Å². The van der Waals surface area contributed by atoms with Gasteiger partial charge < -0.3 is 0 Å². The molecule has 1 rings (SSSR count). The SMILES string of the molecule is Cl.Fc1ccccc1.[MgH2]. The Morgan fingerprint density at radius 1 is 1.00 bits per heavy atom. The van der Waals surface area contributed by atoms with Crippen LogP contribution in [-0.4, -0.2) is 23.1 Å². The van der Waals surface area contributed by atoms with Crippen LogP contribution in [0.5, 0.6) is 0 Å². The topological polar surface area (TPSA) is 0 Å². The van der Waals surface area contributed by atoms with Crippen LogP contribution in [0.2, 0.25) is 0 Å². The lowest BCUT2D eigenvalue weighted by Gasteiger charge is -1.78. The summed E-state index contributed by atoms with van der Waals surface area (Å²) in [5, 5.41) is 0. The van der Waals surface area contributed by atoms with Gasteiger partial charge in [0, 0.05) is 0 Å². The number of halogens is 2. The molecule has 0 aromatic heterocycles. The Morgan fingerprint density at radius 2 is 1.44 bits per heavy atom. The Morgan fingerprint density at radius 3 is 1.67 bits per heavy atom. The third kappa shape index (κ3) is 4.69. The fourth-order valence-electron chi connectivity index (χ4n) is 0.415. The molecule has 9 heavy (non-hydrogen) atoms. The van der Waals surface area contributed by atoms with Crippen molar-refractivity contribution >= 4 is 35.5 Å². The Kier molecular flexibility index (Phi) is 8.39. The minimum atomic E-state index is -0.178. The van der Waals surface area contributed by atoms with E-state index in [1.807, 2.05) is 0 Å². The molecule has 0 saturated heterocycles. The van der Waals surface area contributed by atoms with Gasteiger partial charge in [0.15, 0.2) is 0 Å². The standard InChI is InChI=1S/C6H5F.ClH.Mg.2H/c7-6-4-2-1-3-5-6;;;;/h1-5H;1H;;;. The summed E-state index contributed by atoms with van der Waals surface area (Å²) in [6.07, 6.45) is 0. The summed E-state index contributed by atoms with van der Waals surface area (Å²) in [6.45, 7) is 0. The van der Waals surface area contributed by atoms with Crippen molar-refractivity contribution in [2.24, 2.45) is 0 Å². The first-order valence-electron chi connectivity index (χ1n) is 2.10. The van der Waals surface area contributed by atoms with E-state index in [1.165, 1.54) is 12.1 Å². The van der Waals surface area contributed by atoms with E-state index >= 15 is 0 Å². The summed E-state index contributed by atoms with van der Waals surface area (Å²) in [5.74, 6) is -0.178. The van der Waals surface area contributed by atoms with Crippen molar-refractivity contribution in [2.75, 3.05) is 0 Å². The molecule has 0 fully saturated rings. The first-order chi connectivity index (χ1) is 3.39. The van der Waals surface area contributed by atoms with E-state index in [4.69, 9.17) is 0 Å². The zero-order chi connectivity index (χ0) is 5.11. The maximum absolute atomic E-state index is 11.9. The first-order valence-corrected chi connectivity index (χ1v) is 2.10. The highest BCUT2D eigenvalue weighted by Crippen LogP contribution is 1.91. The minimum absolute atomic E-state index is 0. The summed E-state index contributed by atoms with van der Waals surface area (Å²) >= 11 is 0. The zero-order valence-corrected chi connectivity index (χ0v) is 4.99. The molecule has 0 atom stereocenters. The van der Waals surface area contributed by atoms with Crippen LogP contribution in [0.1, 0.15) is 0 Å². The van der Waals surface area contributed by atoms with Crippen molar-refractivity contribution in [3.05, 3.63) is 36.1 Å². The van der Waals surface area contributed by atoms with Gasteiger partial charge in [0.25, 0.3) is 0 Å². The summed E-state index contributed by atoms with van der Waals surface area (Å²) in [5.41, 5.74) is 0. The van der Waals surface area contributed by atoms with Gasteiger partial charge in [-0.2, -0.15) is 0 Å². The van der Waals surface area contributed by atoms with Gasteiger partial charge in [0.2, 0.25) is 0 Å². The molecule has 0 aliphatic rings. The van der Waals surface area contributed by atoms with E-state index in [0.717, 1.165) is 0 Å². The summed E-state index contributed by atoms with van der Waals surface area (Å²) < 4.78 is 11.9. The molecule has 1 aromatic carbocycles. The Labute approximate surface area is 76.0 Å². The molecule has 0 amide bonds. The van der Waals surface area contributed by atoms with Gasteiger partial charge in [-0.05, 0) is 12.1 Å².